The van der Waals surface area contributed by atoms with Crippen LogP contribution in [0, 0.1) is 5.92 Å². The maximum atomic E-state index is 13.0. The predicted molar refractivity (Wildman–Crippen MR) is 76.6 cm³/mol. The van der Waals surface area contributed by atoms with Gasteiger partial charge in [-0.15, -0.1) is 0 Å². The maximum absolute atomic E-state index is 13.0. The van der Waals surface area contributed by atoms with Crippen molar-refractivity contribution in [1.82, 2.24) is 4.98 Å². The van der Waals surface area contributed by atoms with Gasteiger partial charge in [-0.05, 0) is 30.9 Å². The van der Waals surface area contributed by atoms with Gasteiger partial charge in [-0.1, -0.05) is 17.4 Å². The van der Waals surface area contributed by atoms with Crippen molar-refractivity contribution < 1.29 is 18.3 Å². The predicted octanol–water partition coefficient (Wildman–Crippen LogP) is 3.52. The van der Waals surface area contributed by atoms with Crippen molar-refractivity contribution in [2.24, 2.45) is 5.92 Å². The third-order valence-corrected chi connectivity index (χ3v) is 4.94. The molecule has 114 valence electrons. The summed E-state index contributed by atoms with van der Waals surface area (Å²) in [6.45, 7) is 1.63. The first-order valence-electron chi connectivity index (χ1n) is 6.81. The molecule has 0 spiro atoms. The second-order valence-corrected chi connectivity index (χ2v) is 6.27. The number of piperidine rings is 1. The molecule has 1 N–H and O–H groups in total. The monoisotopic (exact) mass is 316 g/mol. The van der Waals surface area contributed by atoms with Crippen LogP contribution in [0.2, 0.25) is 0 Å². The van der Waals surface area contributed by atoms with Crippen molar-refractivity contribution in [1.29, 1.82) is 0 Å². The Balaban J connectivity index is 1.92. The fourth-order valence-corrected chi connectivity index (χ4v) is 3.65. The lowest BCUT2D eigenvalue weighted by molar-refractivity contribution is -0.136. The first-order valence-corrected chi connectivity index (χ1v) is 7.63. The van der Waals surface area contributed by atoms with E-state index in [0.29, 0.717) is 15.7 Å². The van der Waals surface area contributed by atoms with Crippen molar-refractivity contribution in [3.63, 3.8) is 0 Å². The van der Waals surface area contributed by atoms with E-state index in [4.69, 9.17) is 5.11 Å². The van der Waals surface area contributed by atoms with Crippen molar-refractivity contribution in [2.75, 3.05) is 24.6 Å². The van der Waals surface area contributed by atoms with Crippen LogP contribution in [0.1, 0.15) is 18.4 Å². The van der Waals surface area contributed by atoms with E-state index in [-0.39, 0.29) is 12.1 Å². The Morgan fingerprint density at radius 1 is 1.29 bits per heavy atom. The lowest BCUT2D eigenvalue weighted by Gasteiger charge is -2.30. The summed E-state index contributed by atoms with van der Waals surface area (Å²) >= 11 is 1.30. The van der Waals surface area contributed by atoms with Gasteiger partial charge in [-0.2, -0.15) is 13.2 Å². The molecule has 1 aliphatic heterocycles. The van der Waals surface area contributed by atoms with E-state index in [9.17, 15) is 13.2 Å². The third kappa shape index (κ3) is 2.85. The molecule has 3 rings (SSSR count). The molecule has 0 aliphatic carbocycles. The Labute approximate surface area is 124 Å². The molecule has 3 nitrogen and oxygen atoms in total. The zero-order valence-corrected chi connectivity index (χ0v) is 12.0. The highest BCUT2D eigenvalue weighted by Crippen LogP contribution is 2.39. The number of nitrogens with zero attached hydrogens (tertiary/aromatic N) is 2. The summed E-state index contributed by atoms with van der Waals surface area (Å²) in [5.74, 6) is 0.293. The second kappa shape index (κ2) is 5.46. The van der Waals surface area contributed by atoms with Crippen LogP contribution in [0.3, 0.4) is 0 Å². The van der Waals surface area contributed by atoms with Crippen molar-refractivity contribution in [3.05, 3.63) is 23.8 Å². The van der Waals surface area contributed by atoms with Gasteiger partial charge in [0.25, 0.3) is 0 Å². The molecule has 2 heterocycles. The summed E-state index contributed by atoms with van der Waals surface area (Å²) in [5, 5.41) is 9.77. The van der Waals surface area contributed by atoms with Gasteiger partial charge in [-0.3, -0.25) is 0 Å². The van der Waals surface area contributed by atoms with Crippen molar-refractivity contribution in [3.8, 4) is 0 Å². The van der Waals surface area contributed by atoms with Gasteiger partial charge < -0.3 is 10.0 Å². The first kappa shape index (κ1) is 14.6. The number of aliphatic hydroxyl groups is 1. The molecular weight excluding hydrogens is 301 g/mol. The number of rotatable bonds is 2. The summed E-state index contributed by atoms with van der Waals surface area (Å²) in [6, 6.07) is 4.17. The quantitative estimate of drug-likeness (QED) is 0.921. The molecule has 1 aromatic carbocycles. The number of halogens is 3. The highest BCUT2D eigenvalue weighted by atomic mass is 32.1. The number of hydrogen-bond donors (Lipinski definition) is 1. The van der Waals surface area contributed by atoms with Crippen molar-refractivity contribution in [2.45, 2.75) is 19.0 Å². The molecule has 2 aromatic rings. The summed E-state index contributed by atoms with van der Waals surface area (Å²) in [6.07, 6.45) is -2.69. The number of aliphatic hydroxyl groups excluding tert-OH is 1. The summed E-state index contributed by atoms with van der Waals surface area (Å²) < 4.78 is 39.5. The summed E-state index contributed by atoms with van der Waals surface area (Å²) in [7, 11) is 0. The molecule has 1 aliphatic rings. The van der Waals surface area contributed by atoms with Gasteiger partial charge in [0, 0.05) is 19.7 Å². The highest BCUT2D eigenvalue weighted by molar-refractivity contribution is 7.22. The molecule has 0 bridgehead atoms. The van der Waals surface area contributed by atoms with Crippen LogP contribution in [0.4, 0.5) is 18.3 Å². The normalized spacial score (nSPS) is 17.6. The SMILES string of the molecule is OCC1CCN(c2nc3c(C(F)(F)F)cccc3s2)CC1. The smallest absolute Gasteiger partial charge is 0.396 e. The number of hydrogen-bond acceptors (Lipinski definition) is 4. The number of benzene rings is 1. The Morgan fingerprint density at radius 2 is 2.00 bits per heavy atom. The number of anilines is 1. The lowest BCUT2D eigenvalue weighted by atomic mass is 9.98. The van der Waals surface area contributed by atoms with Gasteiger partial charge in [0.1, 0.15) is 0 Å². The largest absolute Gasteiger partial charge is 0.418 e. The molecule has 7 heteroatoms. The number of thiazole rings is 1. The fraction of sp³-hybridized carbons (Fsp3) is 0.500. The number of alkyl halides is 3. The molecule has 21 heavy (non-hydrogen) atoms. The Hall–Kier alpha value is -1.34. The molecule has 0 atom stereocenters. The van der Waals surface area contributed by atoms with Crippen LogP contribution in [-0.2, 0) is 6.18 Å². The van der Waals surface area contributed by atoms with Gasteiger partial charge in [-0.25, -0.2) is 4.98 Å². The average Bonchev–Trinajstić information content (AvgIpc) is 2.90. The Bertz CT molecular complexity index is 633. The zero-order valence-electron chi connectivity index (χ0n) is 11.2. The van der Waals surface area contributed by atoms with Crippen LogP contribution >= 0.6 is 11.3 Å². The molecule has 0 radical (unpaired) electrons. The van der Waals surface area contributed by atoms with E-state index in [0.717, 1.165) is 32.0 Å². The maximum Gasteiger partial charge on any atom is 0.418 e. The van der Waals surface area contributed by atoms with Crippen LogP contribution in [-0.4, -0.2) is 29.8 Å². The number of fused-ring (bicyclic) bond motifs is 1. The van der Waals surface area contributed by atoms with Crippen LogP contribution < -0.4 is 4.90 Å². The van der Waals surface area contributed by atoms with E-state index >= 15 is 0 Å². The third-order valence-electron chi connectivity index (χ3n) is 3.86. The van der Waals surface area contributed by atoms with E-state index in [2.05, 4.69) is 4.98 Å². The molecule has 1 aromatic heterocycles. The Kier molecular flexibility index (Phi) is 3.79. The molecule has 1 fully saturated rings. The topological polar surface area (TPSA) is 36.4 Å². The van der Waals surface area contributed by atoms with Gasteiger partial charge in [0.2, 0.25) is 0 Å². The standard InChI is InChI=1S/C14H15F3N2OS/c15-14(16,17)10-2-1-3-11-12(10)18-13(21-11)19-6-4-9(8-20)5-7-19/h1-3,9,20H,4-8H2. The summed E-state index contributed by atoms with van der Waals surface area (Å²) in [5.41, 5.74) is -0.637. The van der Waals surface area contributed by atoms with Gasteiger partial charge in [0.15, 0.2) is 5.13 Å². The number of para-hydroxylation sites is 1. The minimum atomic E-state index is -4.38. The van der Waals surface area contributed by atoms with Gasteiger partial charge in [0.05, 0.1) is 15.8 Å². The molecule has 0 saturated carbocycles. The lowest BCUT2D eigenvalue weighted by Crippen LogP contribution is -2.34. The Morgan fingerprint density at radius 3 is 2.62 bits per heavy atom. The first-order chi connectivity index (χ1) is 9.99. The minimum absolute atomic E-state index is 0.0364. The van der Waals surface area contributed by atoms with Gasteiger partial charge >= 0.3 is 6.18 Å². The fourth-order valence-electron chi connectivity index (χ4n) is 2.61. The molecule has 1 saturated heterocycles. The van der Waals surface area contributed by atoms with E-state index in [1.54, 1.807) is 6.07 Å². The molecule has 0 amide bonds. The number of aromatic nitrogens is 1. The van der Waals surface area contributed by atoms with E-state index < -0.39 is 11.7 Å². The second-order valence-electron chi connectivity index (χ2n) is 5.26. The van der Waals surface area contributed by atoms with Crippen LogP contribution in [0.5, 0.6) is 0 Å². The van der Waals surface area contributed by atoms with Crippen LogP contribution in [0.15, 0.2) is 18.2 Å². The minimum Gasteiger partial charge on any atom is -0.396 e. The highest BCUT2D eigenvalue weighted by Gasteiger charge is 2.34. The van der Waals surface area contributed by atoms with E-state index in [1.807, 2.05) is 4.90 Å². The van der Waals surface area contributed by atoms with Crippen molar-refractivity contribution >= 4 is 26.7 Å². The zero-order chi connectivity index (χ0) is 15.0. The van der Waals surface area contributed by atoms with Crippen LogP contribution in [0.25, 0.3) is 10.2 Å². The van der Waals surface area contributed by atoms with E-state index in [1.165, 1.54) is 17.4 Å². The molecular formula is C14H15F3N2OS. The summed E-state index contributed by atoms with van der Waals surface area (Å²) in [4.78, 5) is 6.23. The molecule has 0 unspecified atom stereocenters. The average molecular weight is 316 g/mol.